The number of amides is 2. The van der Waals surface area contributed by atoms with E-state index in [1.807, 2.05) is 0 Å². The molecule has 2 rings (SSSR count). The molecule has 0 radical (unpaired) electrons. The van der Waals surface area contributed by atoms with Crippen LogP contribution in [0.25, 0.3) is 0 Å². The lowest BCUT2D eigenvalue weighted by Crippen LogP contribution is -2.43. The van der Waals surface area contributed by atoms with Crippen LogP contribution in [-0.4, -0.2) is 23.1 Å². The van der Waals surface area contributed by atoms with Crippen LogP contribution >= 0.6 is 11.6 Å². The van der Waals surface area contributed by atoms with Crippen LogP contribution in [0.5, 0.6) is 0 Å². The third kappa shape index (κ3) is 4.90. The summed E-state index contributed by atoms with van der Waals surface area (Å²) in [6, 6.07) is 3.41. The number of carboxylic acid groups (broad SMARTS) is 1. The van der Waals surface area contributed by atoms with E-state index >= 15 is 0 Å². The predicted molar refractivity (Wildman–Crippen MR) is 75.5 cm³/mol. The van der Waals surface area contributed by atoms with E-state index in [1.54, 1.807) is 0 Å². The van der Waals surface area contributed by atoms with Gasteiger partial charge in [-0.25, -0.2) is 9.18 Å². The first-order chi connectivity index (χ1) is 9.95. The molecule has 1 aromatic rings. The van der Waals surface area contributed by atoms with Crippen LogP contribution in [0, 0.1) is 11.7 Å². The van der Waals surface area contributed by atoms with Gasteiger partial charge in [-0.15, -0.1) is 0 Å². The Morgan fingerprint density at radius 2 is 2.14 bits per heavy atom. The average Bonchev–Trinajstić information content (AvgIpc) is 3.23. The molecule has 1 unspecified atom stereocenters. The highest BCUT2D eigenvalue weighted by atomic mass is 35.5. The molecule has 1 fully saturated rings. The zero-order valence-corrected chi connectivity index (χ0v) is 12.0. The molecular weight excluding hydrogens is 299 g/mol. The van der Waals surface area contributed by atoms with Gasteiger partial charge in [0.1, 0.15) is 5.82 Å². The van der Waals surface area contributed by atoms with Gasteiger partial charge in [-0.2, -0.15) is 0 Å². The summed E-state index contributed by atoms with van der Waals surface area (Å²) in [7, 11) is 0. The largest absolute Gasteiger partial charge is 0.481 e. The Morgan fingerprint density at radius 1 is 1.43 bits per heavy atom. The smallest absolute Gasteiger partial charge is 0.315 e. The summed E-state index contributed by atoms with van der Waals surface area (Å²) in [5.74, 6) is -1.20. The average molecular weight is 315 g/mol. The summed E-state index contributed by atoms with van der Waals surface area (Å²) in [4.78, 5) is 22.5. The van der Waals surface area contributed by atoms with E-state index in [4.69, 9.17) is 16.7 Å². The zero-order valence-electron chi connectivity index (χ0n) is 11.2. The highest BCUT2D eigenvalue weighted by Crippen LogP contribution is 2.33. The second kappa shape index (κ2) is 6.76. The van der Waals surface area contributed by atoms with Crippen LogP contribution in [-0.2, 0) is 11.3 Å². The predicted octanol–water partition coefficient (Wildman–Crippen LogP) is 2.53. The number of carboxylic acids is 1. The van der Waals surface area contributed by atoms with Crippen molar-refractivity contribution >= 4 is 23.6 Å². The molecule has 5 nitrogen and oxygen atoms in total. The molecular formula is C14H16ClFN2O3. The molecule has 0 spiro atoms. The summed E-state index contributed by atoms with van der Waals surface area (Å²) in [5, 5.41) is 14.1. The van der Waals surface area contributed by atoms with E-state index in [0.717, 1.165) is 12.8 Å². The SMILES string of the molecule is O=C(O)CC(NC(=O)NCc1ccc(F)c(Cl)c1)C1CC1. The van der Waals surface area contributed by atoms with Crippen molar-refractivity contribution in [2.45, 2.75) is 31.8 Å². The lowest BCUT2D eigenvalue weighted by molar-refractivity contribution is -0.137. The van der Waals surface area contributed by atoms with E-state index in [1.165, 1.54) is 18.2 Å². The Hall–Kier alpha value is -1.82. The van der Waals surface area contributed by atoms with Gasteiger partial charge in [-0.05, 0) is 36.5 Å². The molecule has 3 N–H and O–H groups in total. The normalized spacial score (nSPS) is 15.3. The van der Waals surface area contributed by atoms with Gasteiger partial charge < -0.3 is 15.7 Å². The third-order valence-electron chi connectivity index (χ3n) is 3.34. The van der Waals surface area contributed by atoms with Gasteiger partial charge >= 0.3 is 12.0 Å². The summed E-state index contributed by atoms with van der Waals surface area (Å²) in [5.41, 5.74) is 0.665. The highest BCUT2D eigenvalue weighted by Gasteiger charge is 2.33. The molecule has 2 amide bonds. The molecule has 1 saturated carbocycles. The summed E-state index contributed by atoms with van der Waals surface area (Å²) in [6.45, 7) is 0.191. The summed E-state index contributed by atoms with van der Waals surface area (Å²) >= 11 is 5.65. The molecule has 1 aromatic carbocycles. The van der Waals surface area contributed by atoms with E-state index in [0.29, 0.717) is 5.56 Å². The number of rotatable bonds is 6. The zero-order chi connectivity index (χ0) is 15.4. The van der Waals surface area contributed by atoms with E-state index in [2.05, 4.69) is 10.6 Å². The Labute approximate surface area is 126 Å². The molecule has 0 heterocycles. The first kappa shape index (κ1) is 15.6. The molecule has 114 valence electrons. The number of hydrogen-bond donors (Lipinski definition) is 3. The van der Waals surface area contributed by atoms with Gasteiger partial charge in [0.05, 0.1) is 11.4 Å². The first-order valence-electron chi connectivity index (χ1n) is 6.66. The molecule has 1 aliphatic rings. The molecule has 21 heavy (non-hydrogen) atoms. The third-order valence-corrected chi connectivity index (χ3v) is 3.63. The Morgan fingerprint density at radius 3 is 2.71 bits per heavy atom. The standard InChI is InChI=1S/C14H16ClFN2O3/c15-10-5-8(1-4-11(10)16)7-17-14(21)18-12(6-13(19)20)9-2-3-9/h1,4-5,9,12H,2-3,6-7H2,(H,19,20)(H2,17,18,21). The molecule has 0 aromatic heterocycles. The Kier molecular flexibility index (Phi) is 5.01. The maximum Gasteiger partial charge on any atom is 0.315 e. The van der Waals surface area contributed by atoms with Gasteiger partial charge in [0.25, 0.3) is 0 Å². The van der Waals surface area contributed by atoms with Crippen molar-refractivity contribution < 1.29 is 19.1 Å². The minimum Gasteiger partial charge on any atom is -0.481 e. The van der Waals surface area contributed by atoms with E-state index in [-0.39, 0.29) is 29.9 Å². The van der Waals surface area contributed by atoms with Gasteiger partial charge in [-0.1, -0.05) is 17.7 Å². The lowest BCUT2D eigenvalue weighted by atomic mass is 10.1. The Balaban J connectivity index is 1.83. The Bertz CT molecular complexity index is 549. The highest BCUT2D eigenvalue weighted by molar-refractivity contribution is 6.30. The van der Waals surface area contributed by atoms with Gasteiger partial charge in [0.2, 0.25) is 0 Å². The second-order valence-electron chi connectivity index (χ2n) is 5.12. The lowest BCUT2D eigenvalue weighted by Gasteiger charge is -2.16. The van der Waals surface area contributed by atoms with E-state index in [9.17, 15) is 14.0 Å². The van der Waals surface area contributed by atoms with Gasteiger partial charge in [0.15, 0.2) is 0 Å². The number of hydrogen-bond acceptors (Lipinski definition) is 2. The maximum atomic E-state index is 13.0. The topological polar surface area (TPSA) is 78.4 Å². The monoisotopic (exact) mass is 314 g/mol. The fourth-order valence-electron chi connectivity index (χ4n) is 2.07. The number of aliphatic carboxylic acids is 1. The van der Waals surface area contributed by atoms with Crippen molar-refractivity contribution in [3.8, 4) is 0 Å². The quantitative estimate of drug-likeness (QED) is 0.755. The van der Waals surface area contributed by atoms with Crippen molar-refractivity contribution in [3.63, 3.8) is 0 Å². The minimum absolute atomic E-state index is 0.00329. The number of benzene rings is 1. The molecule has 0 aliphatic heterocycles. The van der Waals surface area contributed by atoms with Gasteiger partial charge in [0, 0.05) is 12.6 Å². The minimum atomic E-state index is -0.933. The number of urea groups is 1. The summed E-state index contributed by atoms with van der Waals surface area (Å²) < 4.78 is 13.0. The second-order valence-corrected chi connectivity index (χ2v) is 5.52. The van der Waals surface area contributed by atoms with Crippen molar-refractivity contribution in [3.05, 3.63) is 34.6 Å². The van der Waals surface area contributed by atoms with Crippen LogP contribution in [0.4, 0.5) is 9.18 Å². The molecule has 1 aliphatic carbocycles. The molecule has 1 atom stereocenters. The number of carbonyl (C=O) groups excluding carboxylic acids is 1. The number of halogens is 2. The fourth-order valence-corrected chi connectivity index (χ4v) is 2.28. The van der Waals surface area contributed by atoms with Crippen LogP contribution in [0.3, 0.4) is 0 Å². The van der Waals surface area contributed by atoms with Crippen LogP contribution in [0.1, 0.15) is 24.8 Å². The van der Waals surface area contributed by atoms with Crippen molar-refractivity contribution in [1.82, 2.24) is 10.6 Å². The molecule has 0 saturated heterocycles. The van der Waals surface area contributed by atoms with Crippen molar-refractivity contribution in [2.24, 2.45) is 5.92 Å². The van der Waals surface area contributed by atoms with E-state index < -0.39 is 17.8 Å². The van der Waals surface area contributed by atoms with Crippen LogP contribution < -0.4 is 10.6 Å². The van der Waals surface area contributed by atoms with Crippen molar-refractivity contribution in [1.29, 1.82) is 0 Å². The maximum absolute atomic E-state index is 13.0. The first-order valence-corrected chi connectivity index (χ1v) is 7.03. The van der Waals surface area contributed by atoms with Crippen LogP contribution in [0.2, 0.25) is 5.02 Å². The van der Waals surface area contributed by atoms with Crippen LogP contribution in [0.15, 0.2) is 18.2 Å². The molecule has 0 bridgehead atoms. The number of nitrogens with one attached hydrogen (secondary N) is 2. The summed E-state index contributed by atoms with van der Waals surface area (Å²) in [6.07, 6.45) is 1.79. The number of carbonyl (C=O) groups is 2. The molecule has 7 heteroatoms. The van der Waals surface area contributed by atoms with Crippen molar-refractivity contribution in [2.75, 3.05) is 0 Å². The fraction of sp³-hybridized carbons (Fsp3) is 0.429. The van der Waals surface area contributed by atoms with Gasteiger partial charge in [-0.3, -0.25) is 4.79 Å².